The summed E-state index contributed by atoms with van der Waals surface area (Å²) in [5.74, 6) is -0.127. The largest absolute Gasteiger partial charge is 0.207 e. The molecule has 2 rings (SSSR count). The van der Waals surface area contributed by atoms with Crippen LogP contribution in [0, 0.1) is 5.82 Å². The average molecular weight is 215 g/mol. The van der Waals surface area contributed by atoms with Crippen LogP contribution in [0.5, 0.6) is 0 Å². The minimum Gasteiger partial charge on any atom is -0.207 e. The maximum atomic E-state index is 12.8. The summed E-state index contributed by atoms with van der Waals surface area (Å²) < 4.78 is 13.7. The molecular weight excluding hydrogens is 207 g/mol. The van der Waals surface area contributed by atoms with Crippen LogP contribution in [0.4, 0.5) is 4.39 Å². The van der Waals surface area contributed by atoms with E-state index in [1.54, 1.807) is 12.1 Å². The van der Waals surface area contributed by atoms with Gasteiger partial charge in [0.2, 0.25) is 0 Å². The van der Waals surface area contributed by atoms with Crippen LogP contribution < -0.4 is 0 Å². The Kier molecular flexibility index (Phi) is 1.72. The highest BCUT2D eigenvalue weighted by Gasteiger charge is 2.14. The summed E-state index contributed by atoms with van der Waals surface area (Å²) in [6, 6.07) is 3.19. The van der Waals surface area contributed by atoms with Crippen molar-refractivity contribution in [3.05, 3.63) is 33.5 Å². The Morgan fingerprint density at radius 3 is 2.91 bits per heavy atom. The molecule has 1 aliphatic rings. The fraction of sp³-hybridized carbons (Fsp3) is 0.333. The number of hydrogen-bond acceptors (Lipinski definition) is 0. The summed E-state index contributed by atoms with van der Waals surface area (Å²) in [6.45, 7) is 0. The highest BCUT2D eigenvalue weighted by atomic mass is 79.9. The molecule has 0 nitrogen and oxygen atoms in total. The molecule has 0 saturated carbocycles. The third-order valence-corrected chi connectivity index (χ3v) is 2.83. The lowest BCUT2D eigenvalue weighted by Crippen LogP contribution is -1.85. The second-order valence-electron chi connectivity index (χ2n) is 2.88. The van der Waals surface area contributed by atoms with Crippen molar-refractivity contribution < 1.29 is 4.39 Å². The summed E-state index contributed by atoms with van der Waals surface area (Å²) in [5, 5.41) is 0. The molecule has 11 heavy (non-hydrogen) atoms. The van der Waals surface area contributed by atoms with E-state index >= 15 is 0 Å². The predicted molar refractivity (Wildman–Crippen MR) is 46.1 cm³/mol. The SMILES string of the molecule is Fc1cc(Br)c2c(c1)CCC2. The number of hydrogen-bond donors (Lipinski definition) is 0. The van der Waals surface area contributed by atoms with Crippen LogP contribution >= 0.6 is 15.9 Å². The van der Waals surface area contributed by atoms with Crippen LogP contribution in [0.2, 0.25) is 0 Å². The minimum absolute atomic E-state index is 0.127. The zero-order valence-corrected chi connectivity index (χ0v) is 7.62. The van der Waals surface area contributed by atoms with Gasteiger partial charge in [-0.1, -0.05) is 15.9 Å². The van der Waals surface area contributed by atoms with E-state index in [4.69, 9.17) is 0 Å². The summed E-state index contributed by atoms with van der Waals surface area (Å²) in [6.07, 6.45) is 3.29. The average Bonchev–Trinajstić information content (AvgIpc) is 2.34. The van der Waals surface area contributed by atoms with Gasteiger partial charge in [0, 0.05) is 4.47 Å². The van der Waals surface area contributed by atoms with Crippen molar-refractivity contribution in [1.29, 1.82) is 0 Å². The van der Waals surface area contributed by atoms with Crippen LogP contribution in [0.25, 0.3) is 0 Å². The van der Waals surface area contributed by atoms with Gasteiger partial charge in [0.15, 0.2) is 0 Å². The topological polar surface area (TPSA) is 0 Å². The van der Waals surface area contributed by atoms with Gasteiger partial charge in [0.05, 0.1) is 0 Å². The molecule has 0 atom stereocenters. The molecular formula is C9H8BrF. The second-order valence-corrected chi connectivity index (χ2v) is 3.73. The first-order valence-corrected chi connectivity index (χ1v) is 4.53. The van der Waals surface area contributed by atoms with E-state index in [-0.39, 0.29) is 5.82 Å². The van der Waals surface area contributed by atoms with Gasteiger partial charge in [-0.3, -0.25) is 0 Å². The van der Waals surface area contributed by atoms with E-state index < -0.39 is 0 Å². The van der Waals surface area contributed by atoms with Crippen LogP contribution in [0.3, 0.4) is 0 Å². The van der Waals surface area contributed by atoms with Crippen molar-refractivity contribution >= 4 is 15.9 Å². The molecule has 0 unspecified atom stereocenters. The van der Waals surface area contributed by atoms with Gasteiger partial charge in [-0.2, -0.15) is 0 Å². The predicted octanol–water partition coefficient (Wildman–Crippen LogP) is 3.08. The van der Waals surface area contributed by atoms with Gasteiger partial charge in [0.1, 0.15) is 5.82 Å². The lowest BCUT2D eigenvalue weighted by molar-refractivity contribution is 0.625. The van der Waals surface area contributed by atoms with Gasteiger partial charge in [-0.05, 0) is 42.5 Å². The van der Waals surface area contributed by atoms with Crippen LogP contribution in [0.15, 0.2) is 16.6 Å². The first kappa shape index (κ1) is 7.29. The van der Waals surface area contributed by atoms with Gasteiger partial charge in [-0.25, -0.2) is 4.39 Å². The lowest BCUT2D eigenvalue weighted by atomic mass is 10.1. The van der Waals surface area contributed by atoms with E-state index in [1.165, 1.54) is 11.1 Å². The third kappa shape index (κ3) is 1.20. The molecule has 0 fully saturated rings. The molecule has 0 saturated heterocycles. The van der Waals surface area contributed by atoms with Gasteiger partial charge < -0.3 is 0 Å². The molecule has 1 aromatic carbocycles. The van der Waals surface area contributed by atoms with Crippen LogP contribution in [-0.4, -0.2) is 0 Å². The summed E-state index contributed by atoms with van der Waals surface area (Å²) >= 11 is 3.36. The highest BCUT2D eigenvalue weighted by Crippen LogP contribution is 2.29. The molecule has 0 radical (unpaired) electrons. The maximum absolute atomic E-state index is 12.8. The van der Waals surface area contributed by atoms with Crippen LogP contribution in [0.1, 0.15) is 17.5 Å². The number of halogens is 2. The van der Waals surface area contributed by atoms with E-state index in [0.29, 0.717) is 0 Å². The van der Waals surface area contributed by atoms with Crippen molar-refractivity contribution in [3.63, 3.8) is 0 Å². The molecule has 0 bridgehead atoms. The minimum atomic E-state index is -0.127. The van der Waals surface area contributed by atoms with E-state index in [1.807, 2.05) is 0 Å². The zero-order chi connectivity index (χ0) is 7.84. The van der Waals surface area contributed by atoms with Crippen molar-refractivity contribution in [2.75, 3.05) is 0 Å². The Bertz CT molecular complexity index is 294. The Labute approximate surface area is 73.6 Å². The normalized spacial score (nSPS) is 15.1. The second kappa shape index (κ2) is 2.59. The molecule has 0 N–H and O–H groups in total. The van der Waals surface area contributed by atoms with E-state index in [0.717, 1.165) is 23.7 Å². The molecule has 58 valence electrons. The Morgan fingerprint density at radius 2 is 2.09 bits per heavy atom. The molecule has 1 aliphatic carbocycles. The lowest BCUT2D eigenvalue weighted by Gasteiger charge is -2.01. The van der Waals surface area contributed by atoms with Gasteiger partial charge in [0.25, 0.3) is 0 Å². The molecule has 0 spiro atoms. The Balaban J connectivity index is 2.60. The number of rotatable bonds is 0. The van der Waals surface area contributed by atoms with Crippen LogP contribution in [-0.2, 0) is 12.8 Å². The van der Waals surface area contributed by atoms with Gasteiger partial charge in [-0.15, -0.1) is 0 Å². The summed E-state index contributed by atoms with van der Waals surface area (Å²) in [7, 11) is 0. The molecule has 0 amide bonds. The first-order valence-electron chi connectivity index (χ1n) is 3.74. The van der Waals surface area contributed by atoms with Crippen molar-refractivity contribution in [2.24, 2.45) is 0 Å². The zero-order valence-electron chi connectivity index (χ0n) is 6.03. The monoisotopic (exact) mass is 214 g/mol. The maximum Gasteiger partial charge on any atom is 0.124 e. The fourth-order valence-electron chi connectivity index (χ4n) is 1.62. The molecule has 0 heterocycles. The van der Waals surface area contributed by atoms with E-state index in [2.05, 4.69) is 15.9 Å². The molecule has 1 aromatic rings. The number of benzene rings is 1. The third-order valence-electron chi connectivity index (χ3n) is 2.13. The van der Waals surface area contributed by atoms with Gasteiger partial charge >= 0.3 is 0 Å². The summed E-state index contributed by atoms with van der Waals surface area (Å²) in [4.78, 5) is 0. The summed E-state index contributed by atoms with van der Waals surface area (Å²) in [5.41, 5.74) is 2.48. The Morgan fingerprint density at radius 1 is 1.27 bits per heavy atom. The number of aryl methyl sites for hydroxylation is 1. The molecule has 0 aliphatic heterocycles. The standard InChI is InChI=1S/C9H8BrF/c10-9-5-7(11)4-6-2-1-3-8(6)9/h4-5H,1-3H2. The van der Waals surface area contributed by atoms with E-state index in [9.17, 15) is 4.39 Å². The van der Waals surface area contributed by atoms with Crippen molar-refractivity contribution in [3.8, 4) is 0 Å². The first-order chi connectivity index (χ1) is 5.27. The Hall–Kier alpha value is -0.370. The molecule has 0 aromatic heterocycles. The smallest absolute Gasteiger partial charge is 0.124 e. The fourth-order valence-corrected chi connectivity index (χ4v) is 2.29. The number of fused-ring (bicyclic) bond motifs is 1. The quantitative estimate of drug-likeness (QED) is 0.623. The van der Waals surface area contributed by atoms with Crippen molar-refractivity contribution in [1.82, 2.24) is 0 Å². The van der Waals surface area contributed by atoms with Crippen molar-refractivity contribution in [2.45, 2.75) is 19.3 Å². The molecule has 2 heteroatoms. The highest BCUT2D eigenvalue weighted by molar-refractivity contribution is 9.10.